The van der Waals surface area contributed by atoms with E-state index in [4.69, 9.17) is 5.73 Å². The number of rotatable bonds is 4. The van der Waals surface area contributed by atoms with E-state index >= 15 is 0 Å². The smallest absolute Gasteiger partial charge is 0.251 e. The number of nitrogens with one attached hydrogen (secondary N) is 1. The molecule has 0 saturated heterocycles. The van der Waals surface area contributed by atoms with Crippen LogP contribution in [0.1, 0.15) is 32.6 Å². The predicted octanol–water partition coefficient (Wildman–Crippen LogP) is 2.83. The maximum absolute atomic E-state index is 13.8. The Bertz CT molecular complexity index is 668. The van der Waals surface area contributed by atoms with Crippen molar-refractivity contribution in [2.45, 2.75) is 26.9 Å². The Morgan fingerprint density at radius 3 is 2.67 bits per heavy atom. The topological polar surface area (TPSA) is 55.1 Å². The van der Waals surface area contributed by atoms with Crippen LogP contribution in [0.25, 0.3) is 0 Å². The number of hydrogen-bond donors (Lipinski definition) is 2. The predicted molar refractivity (Wildman–Crippen MR) is 81.4 cm³/mol. The first-order valence-corrected chi connectivity index (χ1v) is 6.84. The van der Waals surface area contributed by atoms with E-state index in [1.165, 1.54) is 6.07 Å². The Morgan fingerprint density at radius 1 is 1.24 bits per heavy atom. The second kappa shape index (κ2) is 6.50. The molecule has 3 N–H and O–H groups in total. The Balaban J connectivity index is 2.09. The second-order valence-electron chi connectivity index (χ2n) is 5.06. The molecular weight excluding hydrogens is 267 g/mol. The molecule has 0 saturated carbocycles. The van der Waals surface area contributed by atoms with Gasteiger partial charge in [-0.2, -0.15) is 0 Å². The normalized spacial score (nSPS) is 10.5. The minimum Gasteiger partial charge on any atom is -0.348 e. The number of benzene rings is 2. The van der Waals surface area contributed by atoms with E-state index in [9.17, 15) is 9.18 Å². The molecule has 0 radical (unpaired) electrons. The molecule has 110 valence electrons. The minimum atomic E-state index is -0.348. The lowest BCUT2D eigenvalue weighted by Crippen LogP contribution is -2.24. The van der Waals surface area contributed by atoms with Crippen molar-refractivity contribution in [1.82, 2.24) is 5.32 Å². The summed E-state index contributed by atoms with van der Waals surface area (Å²) in [5.41, 5.74) is 9.26. The highest BCUT2D eigenvalue weighted by Gasteiger charge is 2.11. The molecule has 3 nitrogen and oxygen atoms in total. The van der Waals surface area contributed by atoms with Crippen LogP contribution < -0.4 is 11.1 Å². The first-order chi connectivity index (χ1) is 10.0. The average molecular weight is 286 g/mol. The van der Waals surface area contributed by atoms with Gasteiger partial charge in [0, 0.05) is 24.2 Å². The summed E-state index contributed by atoms with van der Waals surface area (Å²) in [6.07, 6.45) is 0. The lowest BCUT2D eigenvalue weighted by Gasteiger charge is -2.10. The van der Waals surface area contributed by atoms with Crippen LogP contribution in [0.5, 0.6) is 0 Å². The van der Waals surface area contributed by atoms with Crippen LogP contribution in [0.15, 0.2) is 36.4 Å². The largest absolute Gasteiger partial charge is 0.348 e. The Labute approximate surface area is 124 Å². The highest BCUT2D eigenvalue weighted by Crippen LogP contribution is 2.14. The highest BCUT2D eigenvalue weighted by atomic mass is 19.1. The van der Waals surface area contributed by atoms with E-state index < -0.39 is 0 Å². The third kappa shape index (κ3) is 3.47. The first-order valence-electron chi connectivity index (χ1n) is 6.84. The van der Waals surface area contributed by atoms with Crippen LogP contribution in [0.4, 0.5) is 4.39 Å². The molecule has 0 spiro atoms. The van der Waals surface area contributed by atoms with Crippen molar-refractivity contribution in [2.24, 2.45) is 5.73 Å². The van der Waals surface area contributed by atoms with Crippen LogP contribution in [0, 0.1) is 19.7 Å². The number of nitrogens with two attached hydrogens (primary N) is 1. The number of halogens is 1. The molecule has 2 aromatic rings. The van der Waals surface area contributed by atoms with Gasteiger partial charge in [-0.25, -0.2) is 4.39 Å². The zero-order valence-electron chi connectivity index (χ0n) is 12.2. The molecule has 0 aliphatic carbocycles. The van der Waals surface area contributed by atoms with Crippen molar-refractivity contribution < 1.29 is 9.18 Å². The van der Waals surface area contributed by atoms with Crippen molar-refractivity contribution in [3.05, 3.63) is 70.0 Å². The van der Waals surface area contributed by atoms with Crippen LogP contribution in [0.2, 0.25) is 0 Å². The molecular formula is C17H19FN2O. The van der Waals surface area contributed by atoms with Crippen molar-refractivity contribution in [1.29, 1.82) is 0 Å². The summed E-state index contributed by atoms with van der Waals surface area (Å²) in [5, 5.41) is 2.75. The molecule has 0 atom stereocenters. The summed E-state index contributed by atoms with van der Waals surface area (Å²) in [6, 6.07) is 10.4. The van der Waals surface area contributed by atoms with E-state index in [-0.39, 0.29) is 18.3 Å². The lowest BCUT2D eigenvalue weighted by molar-refractivity contribution is 0.0950. The summed E-state index contributed by atoms with van der Waals surface area (Å²) in [7, 11) is 0. The third-order valence-electron chi connectivity index (χ3n) is 3.64. The minimum absolute atomic E-state index is 0.156. The Kier molecular flexibility index (Phi) is 4.70. The molecule has 0 aromatic heterocycles. The monoisotopic (exact) mass is 286 g/mol. The number of hydrogen-bond acceptors (Lipinski definition) is 2. The summed E-state index contributed by atoms with van der Waals surface area (Å²) < 4.78 is 13.8. The fraction of sp³-hybridized carbons (Fsp3) is 0.235. The molecule has 4 heteroatoms. The van der Waals surface area contributed by atoms with Gasteiger partial charge in [0.1, 0.15) is 5.82 Å². The van der Waals surface area contributed by atoms with Crippen molar-refractivity contribution >= 4 is 5.91 Å². The van der Waals surface area contributed by atoms with E-state index in [0.717, 1.165) is 16.7 Å². The van der Waals surface area contributed by atoms with E-state index in [0.29, 0.717) is 17.7 Å². The SMILES string of the molecule is Cc1cccc(C(=O)NCc2ccc(CN)cc2F)c1C. The Morgan fingerprint density at radius 2 is 2.00 bits per heavy atom. The van der Waals surface area contributed by atoms with Gasteiger partial charge in [0.25, 0.3) is 5.91 Å². The standard InChI is InChI=1S/C17H19FN2O/c1-11-4-3-5-15(12(11)2)17(21)20-10-14-7-6-13(9-19)8-16(14)18/h3-8H,9-10,19H2,1-2H3,(H,20,21). The molecule has 0 heterocycles. The molecule has 0 aliphatic heterocycles. The molecule has 0 aliphatic rings. The summed E-state index contributed by atoms with van der Waals surface area (Å²) in [6.45, 7) is 4.31. The van der Waals surface area contributed by atoms with Gasteiger partial charge in [-0.3, -0.25) is 4.79 Å². The highest BCUT2D eigenvalue weighted by molar-refractivity contribution is 5.95. The maximum atomic E-state index is 13.8. The fourth-order valence-electron chi connectivity index (χ4n) is 2.13. The van der Waals surface area contributed by atoms with Gasteiger partial charge in [0.05, 0.1) is 0 Å². The van der Waals surface area contributed by atoms with Gasteiger partial charge in [0.2, 0.25) is 0 Å². The fourth-order valence-corrected chi connectivity index (χ4v) is 2.13. The van der Waals surface area contributed by atoms with Crippen LogP contribution in [-0.4, -0.2) is 5.91 Å². The molecule has 0 fully saturated rings. The number of carbonyl (C=O) groups is 1. The summed E-state index contributed by atoms with van der Waals surface area (Å²) >= 11 is 0. The molecule has 0 bridgehead atoms. The molecule has 0 unspecified atom stereocenters. The zero-order chi connectivity index (χ0) is 15.4. The molecule has 21 heavy (non-hydrogen) atoms. The van der Waals surface area contributed by atoms with Gasteiger partial charge < -0.3 is 11.1 Å². The number of carbonyl (C=O) groups excluding carboxylic acids is 1. The molecule has 2 aromatic carbocycles. The summed E-state index contributed by atoms with van der Waals surface area (Å²) in [4.78, 5) is 12.2. The van der Waals surface area contributed by atoms with Crippen LogP contribution in [-0.2, 0) is 13.1 Å². The summed E-state index contributed by atoms with van der Waals surface area (Å²) in [5.74, 6) is -0.544. The zero-order valence-corrected chi connectivity index (χ0v) is 12.2. The van der Waals surface area contributed by atoms with Gasteiger partial charge in [-0.15, -0.1) is 0 Å². The van der Waals surface area contributed by atoms with Crippen LogP contribution in [0.3, 0.4) is 0 Å². The van der Waals surface area contributed by atoms with E-state index in [2.05, 4.69) is 5.32 Å². The number of aryl methyl sites for hydroxylation is 1. The van der Waals surface area contributed by atoms with E-state index in [1.807, 2.05) is 26.0 Å². The second-order valence-corrected chi connectivity index (χ2v) is 5.06. The molecule has 1 amide bonds. The first kappa shape index (κ1) is 15.2. The quantitative estimate of drug-likeness (QED) is 0.908. The van der Waals surface area contributed by atoms with Crippen LogP contribution >= 0.6 is 0 Å². The van der Waals surface area contributed by atoms with Gasteiger partial charge >= 0.3 is 0 Å². The van der Waals surface area contributed by atoms with Gasteiger partial charge in [0.15, 0.2) is 0 Å². The van der Waals surface area contributed by atoms with Gasteiger partial charge in [-0.1, -0.05) is 24.3 Å². The number of amides is 1. The lowest BCUT2D eigenvalue weighted by atomic mass is 10.0. The van der Waals surface area contributed by atoms with Crippen molar-refractivity contribution in [3.63, 3.8) is 0 Å². The van der Waals surface area contributed by atoms with Gasteiger partial charge in [-0.05, 0) is 42.7 Å². The van der Waals surface area contributed by atoms with E-state index in [1.54, 1.807) is 18.2 Å². The average Bonchev–Trinajstić information content (AvgIpc) is 2.48. The third-order valence-corrected chi connectivity index (χ3v) is 3.64. The Hall–Kier alpha value is -2.20. The van der Waals surface area contributed by atoms with Crippen molar-refractivity contribution in [2.75, 3.05) is 0 Å². The van der Waals surface area contributed by atoms with Crippen molar-refractivity contribution in [3.8, 4) is 0 Å². The maximum Gasteiger partial charge on any atom is 0.251 e. The molecule has 2 rings (SSSR count).